The zero-order valence-corrected chi connectivity index (χ0v) is 12.9. The van der Waals surface area contributed by atoms with Crippen molar-refractivity contribution in [3.05, 3.63) is 29.6 Å². The third kappa shape index (κ3) is 5.20. The third-order valence-corrected chi connectivity index (χ3v) is 2.33. The van der Waals surface area contributed by atoms with Crippen LogP contribution >= 0.6 is 24.0 Å². The number of nitrogens with two attached hydrogens (primary N) is 1. The number of aliphatic imine (C=N–C) groups is 1. The fraction of sp³-hybridized carbons (Fsp3) is 0.455. The van der Waals surface area contributed by atoms with Crippen LogP contribution in [-0.4, -0.2) is 22.3 Å². The summed E-state index contributed by atoms with van der Waals surface area (Å²) in [5.74, 6) is 0.436. The van der Waals surface area contributed by atoms with Gasteiger partial charge in [0.15, 0.2) is 5.96 Å². The molecule has 96 valence electrons. The number of aromatic nitrogens is 2. The number of halogens is 1. The Morgan fingerprint density at radius 2 is 2.29 bits per heavy atom. The Morgan fingerprint density at radius 1 is 1.65 bits per heavy atom. The first-order valence-corrected chi connectivity index (χ1v) is 5.16. The van der Waals surface area contributed by atoms with Crippen LogP contribution in [0.5, 0.6) is 0 Å². The van der Waals surface area contributed by atoms with Crippen LogP contribution in [0.3, 0.4) is 0 Å². The van der Waals surface area contributed by atoms with Gasteiger partial charge in [0.2, 0.25) is 0 Å². The SMILES string of the molecule is C=C(C)CNC(N)=NCc1cnn(C)c1C.I. The summed E-state index contributed by atoms with van der Waals surface area (Å²) >= 11 is 0. The molecule has 1 aromatic heterocycles. The molecule has 3 N–H and O–H groups in total. The highest BCUT2D eigenvalue weighted by Gasteiger charge is 2.02. The standard InChI is InChI=1S/C11H19N5.HI/c1-8(2)5-13-11(12)14-6-10-7-15-16(4)9(10)3;/h7H,1,5-6H2,2-4H3,(H3,12,13,14);1H. The van der Waals surface area contributed by atoms with E-state index in [0.717, 1.165) is 16.8 Å². The summed E-state index contributed by atoms with van der Waals surface area (Å²) in [5.41, 5.74) is 8.91. The summed E-state index contributed by atoms with van der Waals surface area (Å²) < 4.78 is 1.82. The lowest BCUT2D eigenvalue weighted by Crippen LogP contribution is -2.32. The Labute approximate surface area is 119 Å². The Hall–Kier alpha value is -1.05. The molecular weight excluding hydrogens is 329 g/mol. The minimum atomic E-state index is 0. The van der Waals surface area contributed by atoms with Crippen LogP contribution in [-0.2, 0) is 13.6 Å². The van der Waals surface area contributed by atoms with E-state index in [-0.39, 0.29) is 24.0 Å². The Morgan fingerprint density at radius 3 is 2.76 bits per heavy atom. The van der Waals surface area contributed by atoms with Gasteiger partial charge >= 0.3 is 0 Å². The third-order valence-electron chi connectivity index (χ3n) is 2.33. The summed E-state index contributed by atoms with van der Waals surface area (Å²) in [6.07, 6.45) is 1.81. The van der Waals surface area contributed by atoms with Crippen LogP contribution in [0, 0.1) is 6.92 Å². The van der Waals surface area contributed by atoms with Crippen LogP contribution in [0.1, 0.15) is 18.2 Å². The van der Waals surface area contributed by atoms with Gasteiger partial charge in [-0.05, 0) is 13.8 Å². The Kier molecular flexibility index (Phi) is 6.86. The predicted molar refractivity (Wildman–Crippen MR) is 81.5 cm³/mol. The molecule has 0 aliphatic rings. The van der Waals surface area contributed by atoms with Crippen molar-refractivity contribution < 1.29 is 0 Å². The molecule has 6 heteroatoms. The molecule has 0 atom stereocenters. The molecule has 0 aliphatic carbocycles. The van der Waals surface area contributed by atoms with E-state index in [1.807, 2.05) is 31.8 Å². The van der Waals surface area contributed by atoms with Crippen molar-refractivity contribution >= 4 is 29.9 Å². The van der Waals surface area contributed by atoms with E-state index in [4.69, 9.17) is 5.73 Å². The summed E-state index contributed by atoms with van der Waals surface area (Å²) in [6.45, 7) is 8.93. The maximum absolute atomic E-state index is 5.70. The summed E-state index contributed by atoms with van der Waals surface area (Å²) in [6, 6.07) is 0. The maximum Gasteiger partial charge on any atom is 0.189 e. The molecular formula is C11H20IN5. The van der Waals surface area contributed by atoms with Gasteiger partial charge in [0.25, 0.3) is 0 Å². The molecule has 0 radical (unpaired) electrons. The van der Waals surface area contributed by atoms with Gasteiger partial charge < -0.3 is 11.1 Å². The second-order valence-corrected chi connectivity index (χ2v) is 3.89. The van der Waals surface area contributed by atoms with Crippen LogP contribution in [0.4, 0.5) is 0 Å². The normalized spacial score (nSPS) is 10.9. The molecule has 0 bridgehead atoms. The first-order chi connectivity index (χ1) is 7.50. The Balaban J connectivity index is 0.00000256. The van der Waals surface area contributed by atoms with Crippen LogP contribution < -0.4 is 11.1 Å². The summed E-state index contributed by atoms with van der Waals surface area (Å²) in [7, 11) is 1.91. The van der Waals surface area contributed by atoms with E-state index in [0.29, 0.717) is 19.0 Å². The van der Waals surface area contributed by atoms with Crippen molar-refractivity contribution in [2.45, 2.75) is 20.4 Å². The molecule has 0 fully saturated rings. The molecule has 0 aliphatic heterocycles. The molecule has 0 aromatic carbocycles. The fourth-order valence-electron chi connectivity index (χ4n) is 1.17. The number of nitrogens with zero attached hydrogens (tertiary/aromatic N) is 3. The van der Waals surface area contributed by atoms with Crippen molar-refractivity contribution in [3.8, 4) is 0 Å². The monoisotopic (exact) mass is 349 g/mol. The van der Waals surface area contributed by atoms with Gasteiger partial charge in [-0.2, -0.15) is 5.10 Å². The van der Waals surface area contributed by atoms with Crippen molar-refractivity contribution in [3.63, 3.8) is 0 Å². The number of hydrogen-bond acceptors (Lipinski definition) is 2. The quantitative estimate of drug-likeness (QED) is 0.373. The number of nitrogens with one attached hydrogen (secondary N) is 1. The molecule has 1 aromatic rings. The molecule has 0 amide bonds. The van der Waals surface area contributed by atoms with E-state index in [2.05, 4.69) is 22.0 Å². The van der Waals surface area contributed by atoms with Crippen molar-refractivity contribution in [1.82, 2.24) is 15.1 Å². The number of aryl methyl sites for hydroxylation is 1. The minimum Gasteiger partial charge on any atom is -0.370 e. The molecule has 1 heterocycles. The summed E-state index contributed by atoms with van der Waals surface area (Å²) in [4.78, 5) is 4.23. The average molecular weight is 349 g/mol. The van der Waals surface area contributed by atoms with Crippen LogP contribution in [0.25, 0.3) is 0 Å². The smallest absolute Gasteiger partial charge is 0.189 e. The van der Waals surface area contributed by atoms with E-state index in [9.17, 15) is 0 Å². The highest BCUT2D eigenvalue weighted by atomic mass is 127. The first kappa shape index (κ1) is 16.0. The molecule has 5 nitrogen and oxygen atoms in total. The van der Waals surface area contributed by atoms with Gasteiger partial charge in [0, 0.05) is 24.8 Å². The van der Waals surface area contributed by atoms with Gasteiger partial charge in [-0.1, -0.05) is 12.2 Å². The number of rotatable bonds is 4. The zero-order chi connectivity index (χ0) is 12.1. The number of guanidine groups is 1. The lowest BCUT2D eigenvalue weighted by atomic mass is 10.3. The first-order valence-electron chi connectivity index (χ1n) is 5.16. The molecule has 0 unspecified atom stereocenters. The van der Waals surface area contributed by atoms with Gasteiger partial charge in [-0.25, -0.2) is 4.99 Å². The predicted octanol–water partition coefficient (Wildman–Crippen LogP) is 1.33. The molecule has 17 heavy (non-hydrogen) atoms. The zero-order valence-electron chi connectivity index (χ0n) is 10.5. The van der Waals surface area contributed by atoms with Crippen molar-refractivity contribution in [1.29, 1.82) is 0 Å². The number of hydrogen-bond donors (Lipinski definition) is 2. The van der Waals surface area contributed by atoms with E-state index < -0.39 is 0 Å². The van der Waals surface area contributed by atoms with Gasteiger partial charge in [0.05, 0.1) is 12.7 Å². The largest absolute Gasteiger partial charge is 0.370 e. The molecule has 1 rings (SSSR count). The molecule has 0 saturated carbocycles. The molecule has 0 spiro atoms. The minimum absolute atomic E-state index is 0. The highest BCUT2D eigenvalue weighted by molar-refractivity contribution is 14.0. The maximum atomic E-state index is 5.70. The Bertz CT molecular complexity index is 408. The lowest BCUT2D eigenvalue weighted by molar-refractivity contribution is 0.737. The van der Waals surface area contributed by atoms with Crippen LogP contribution in [0.15, 0.2) is 23.3 Å². The highest BCUT2D eigenvalue weighted by Crippen LogP contribution is 2.06. The second-order valence-electron chi connectivity index (χ2n) is 3.89. The average Bonchev–Trinajstić information content (AvgIpc) is 2.54. The second kappa shape index (κ2) is 7.31. The molecule has 0 saturated heterocycles. The van der Waals surface area contributed by atoms with Gasteiger partial charge in [0.1, 0.15) is 0 Å². The fourth-order valence-corrected chi connectivity index (χ4v) is 1.17. The lowest BCUT2D eigenvalue weighted by Gasteiger charge is -2.04. The van der Waals surface area contributed by atoms with Crippen molar-refractivity contribution in [2.24, 2.45) is 17.8 Å². The summed E-state index contributed by atoms with van der Waals surface area (Å²) in [5, 5.41) is 7.12. The van der Waals surface area contributed by atoms with E-state index in [1.165, 1.54) is 0 Å². The van der Waals surface area contributed by atoms with Gasteiger partial charge in [-0.15, -0.1) is 24.0 Å². The van der Waals surface area contributed by atoms with Gasteiger partial charge in [-0.3, -0.25) is 4.68 Å². The van der Waals surface area contributed by atoms with Crippen molar-refractivity contribution in [2.75, 3.05) is 6.54 Å². The van der Waals surface area contributed by atoms with Crippen LogP contribution in [0.2, 0.25) is 0 Å². The van der Waals surface area contributed by atoms with E-state index >= 15 is 0 Å². The van der Waals surface area contributed by atoms with E-state index in [1.54, 1.807) is 0 Å². The topological polar surface area (TPSA) is 68.2 Å².